The van der Waals surface area contributed by atoms with Gasteiger partial charge in [-0.25, -0.2) is 8.78 Å². The average molecular weight is 348 g/mol. The molecule has 5 nitrogen and oxygen atoms in total. The molecule has 1 aromatic carbocycles. The minimum atomic E-state index is -3.80. The summed E-state index contributed by atoms with van der Waals surface area (Å²) in [6.07, 6.45) is -0.639. The third-order valence-electron chi connectivity index (χ3n) is 3.97. The van der Waals surface area contributed by atoms with Gasteiger partial charge in [0.15, 0.2) is 0 Å². The highest BCUT2D eigenvalue weighted by Gasteiger charge is 2.31. The molecule has 130 valence electrons. The molecule has 0 amide bonds. The number of rotatable bonds is 5. The normalized spacial score (nSPS) is 24.6. The average Bonchev–Trinajstić information content (AvgIpc) is 2.44. The Morgan fingerprint density at radius 1 is 1.26 bits per heavy atom. The lowest BCUT2D eigenvalue weighted by Crippen LogP contribution is -2.48. The predicted octanol–water partition coefficient (Wildman–Crippen LogP) is 1.81. The van der Waals surface area contributed by atoms with Crippen LogP contribution in [0, 0.1) is 23.5 Å². The van der Waals surface area contributed by atoms with Crippen LogP contribution >= 0.6 is 0 Å². The van der Waals surface area contributed by atoms with Crippen LogP contribution < -0.4 is 4.72 Å². The van der Waals surface area contributed by atoms with Gasteiger partial charge in [-0.05, 0) is 30.4 Å². The van der Waals surface area contributed by atoms with E-state index in [1.165, 1.54) is 10.4 Å². The molecule has 0 aliphatic carbocycles. The number of halogens is 2. The van der Waals surface area contributed by atoms with Crippen molar-refractivity contribution >= 4 is 10.2 Å². The summed E-state index contributed by atoms with van der Waals surface area (Å²) in [5.74, 6) is -1.33. The minimum Gasteiger partial charge on any atom is -0.387 e. The second kappa shape index (κ2) is 7.21. The lowest BCUT2D eigenvalue weighted by Gasteiger charge is -2.34. The van der Waals surface area contributed by atoms with E-state index in [-0.39, 0.29) is 11.8 Å². The number of hydrogen-bond acceptors (Lipinski definition) is 3. The van der Waals surface area contributed by atoms with E-state index < -0.39 is 40.1 Å². The highest BCUT2D eigenvalue weighted by molar-refractivity contribution is 7.87. The van der Waals surface area contributed by atoms with E-state index in [0.717, 1.165) is 18.6 Å². The Morgan fingerprint density at radius 3 is 2.30 bits per heavy atom. The summed E-state index contributed by atoms with van der Waals surface area (Å²) in [5, 5.41) is 9.92. The monoisotopic (exact) mass is 348 g/mol. The number of nitrogens with zero attached hydrogens (tertiary/aromatic N) is 1. The van der Waals surface area contributed by atoms with Crippen LogP contribution in [0.1, 0.15) is 31.9 Å². The van der Waals surface area contributed by atoms with E-state index in [4.69, 9.17) is 0 Å². The highest BCUT2D eigenvalue weighted by atomic mass is 32.2. The topological polar surface area (TPSA) is 69.6 Å². The number of aliphatic hydroxyl groups excluding tert-OH is 1. The van der Waals surface area contributed by atoms with Crippen LogP contribution in [0.2, 0.25) is 0 Å². The van der Waals surface area contributed by atoms with Crippen molar-refractivity contribution in [1.29, 1.82) is 0 Å². The first-order valence-electron chi connectivity index (χ1n) is 7.57. The van der Waals surface area contributed by atoms with E-state index in [2.05, 4.69) is 4.72 Å². The van der Waals surface area contributed by atoms with Crippen LogP contribution in [0.15, 0.2) is 18.2 Å². The Balaban J connectivity index is 2.04. The maximum absolute atomic E-state index is 13.6. The fraction of sp³-hybridized carbons (Fsp3) is 0.600. The number of nitrogens with one attached hydrogen (secondary N) is 1. The first-order chi connectivity index (χ1) is 10.7. The molecule has 1 aliphatic heterocycles. The van der Waals surface area contributed by atoms with Gasteiger partial charge in [0, 0.05) is 19.6 Å². The summed E-state index contributed by atoms with van der Waals surface area (Å²) in [5.41, 5.74) is -0.532. The largest absolute Gasteiger partial charge is 0.387 e. The highest BCUT2D eigenvalue weighted by Crippen LogP contribution is 2.24. The van der Waals surface area contributed by atoms with Gasteiger partial charge in [0.1, 0.15) is 11.6 Å². The molecule has 0 saturated carbocycles. The molecule has 0 bridgehead atoms. The van der Waals surface area contributed by atoms with Gasteiger partial charge in [0.2, 0.25) is 0 Å². The van der Waals surface area contributed by atoms with Gasteiger partial charge in [0.25, 0.3) is 10.2 Å². The summed E-state index contributed by atoms with van der Waals surface area (Å²) >= 11 is 0. The van der Waals surface area contributed by atoms with Crippen molar-refractivity contribution in [1.82, 2.24) is 9.03 Å². The molecule has 0 spiro atoms. The maximum atomic E-state index is 13.6. The molecule has 1 heterocycles. The molecule has 0 aromatic heterocycles. The third-order valence-corrected chi connectivity index (χ3v) is 5.48. The van der Waals surface area contributed by atoms with E-state index in [0.29, 0.717) is 13.1 Å². The van der Waals surface area contributed by atoms with Crippen molar-refractivity contribution in [2.75, 3.05) is 19.6 Å². The molecule has 1 aromatic rings. The van der Waals surface area contributed by atoms with Gasteiger partial charge in [0.05, 0.1) is 11.7 Å². The molecule has 2 rings (SSSR count). The van der Waals surface area contributed by atoms with Crippen LogP contribution in [0.25, 0.3) is 0 Å². The van der Waals surface area contributed by atoms with Gasteiger partial charge in [-0.15, -0.1) is 0 Å². The van der Waals surface area contributed by atoms with Gasteiger partial charge in [-0.1, -0.05) is 19.9 Å². The first-order valence-corrected chi connectivity index (χ1v) is 9.01. The van der Waals surface area contributed by atoms with Crippen LogP contribution in [0.3, 0.4) is 0 Å². The van der Waals surface area contributed by atoms with Crippen LogP contribution in [-0.2, 0) is 10.2 Å². The lowest BCUT2D eigenvalue weighted by atomic mass is 9.94. The van der Waals surface area contributed by atoms with E-state index in [9.17, 15) is 22.3 Å². The second-order valence-corrected chi connectivity index (χ2v) is 8.02. The summed E-state index contributed by atoms with van der Waals surface area (Å²) < 4.78 is 55.3. The first kappa shape index (κ1) is 18.3. The van der Waals surface area contributed by atoms with E-state index in [1.54, 1.807) is 0 Å². The molecule has 8 heteroatoms. The van der Waals surface area contributed by atoms with Crippen molar-refractivity contribution in [3.8, 4) is 0 Å². The number of benzene rings is 1. The molecular weight excluding hydrogens is 326 g/mol. The second-order valence-electron chi connectivity index (χ2n) is 6.27. The summed E-state index contributed by atoms with van der Waals surface area (Å²) in [4.78, 5) is 0. The lowest BCUT2D eigenvalue weighted by molar-refractivity contribution is 0.169. The Morgan fingerprint density at radius 2 is 1.78 bits per heavy atom. The van der Waals surface area contributed by atoms with Crippen molar-refractivity contribution < 1.29 is 22.3 Å². The van der Waals surface area contributed by atoms with Crippen LogP contribution in [0.5, 0.6) is 0 Å². The van der Waals surface area contributed by atoms with Gasteiger partial charge < -0.3 is 5.11 Å². The molecule has 3 atom stereocenters. The fourth-order valence-electron chi connectivity index (χ4n) is 3.01. The third kappa shape index (κ3) is 4.47. The molecule has 1 aliphatic rings. The smallest absolute Gasteiger partial charge is 0.279 e. The van der Waals surface area contributed by atoms with Crippen LogP contribution in [-0.4, -0.2) is 37.5 Å². The standard InChI is InChI=1S/C15H22F2N2O3S/c1-10-6-11(2)9-19(8-10)23(21,22)18-7-14(20)15-12(16)4-3-5-13(15)17/h3-5,10-11,14,18,20H,6-9H2,1-2H3/t10-,11+,14-/m0/s1. The van der Waals surface area contributed by atoms with Gasteiger partial charge in [-0.3, -0.25) is 0 Å². The molecule has 1 fully saturated rings. The van der Waals surface area contributed by atoms with Crippen molar-refractivity contribution in [2.24, 2.45) is 11.8 Å². The zero-order valence-corrected chi connectivity index (χ0v) is 14.0. The van der Waals surface area contributed by atoms with E-state index >= 15 is 0 Å². The number of hydrogen-bond donors (Lipinski definition) is 2. The molecule has 0 unspecified atom stereocenters. The Bertz CT molecular complexity index is 624. The number of aliphatic hydroxyl groups is 1. The minimum absolute atomic E-state index is 0.240. The molecule has 23 heavy (non-hydrogen) atoms. The summed E-state index contributed by atoms with van der Waals surface area (Å²) in [7, 11) is -3.80. The van der Waals surface area contributed by atoms with Crippen molar-refractivity contribution in [3.63, 3.8) is 0 Å². The predicted molar refractivity (Wildman–Crippen MR) is 82.8 cm³/mol. The van der Waals surface area contributed by atoms with Gasteiger partial charge >= 0.3 is 0 Å². The quantitative estimate of drug-likeness (QED) is 0.853. The zero-order valence-electron chi connectivity index (χ0n) is 13.2. The Kier molecular flexibility index (Phi) is 5.72. The maximum Gasteiger partial charge on any atom is 0.279 e. The zero-order chi connectivity index (χ0) is 17.2. The molecular formula is C15H22F2N2O3S. The molecule has 0 radical (unpaired) electrons. The Hall–Kier alpha value is -1.09. The van der Waals surface area contributed by atoms with Crippen molar-refractivity contribution in [2.45, 2.75) is 26.4 Å². The molecule has 2 N–H and O–H groups in total. The SMILES string of the molecule is C[C@@H]1C[C@H](C)CN(S(=O)(=O)NC[C@H](O)c2c(F)cccc2F)C1. The van der Waals surface area contributed by atoms with Crippen molar-refractivity contribution in [3.05, 3.63) is 35.4 Å². The Labute approximate surface area is 135 Å². The van der Waals surface area contributed by atoms with E-state index in [1.807, 2.05) is 13.8 Å². The molecule has 1 saturated heterocycles. The summed E-state index contributed by atoms with van der Waals surface area (Å²) in [6, 6.07) is 3.22. The summed E-state index contributed by atoms with van der Waals surface area (Å²) in [6.45, 7) is 4.25. The van der Waals surface area contributed by atoms with Crippen LogP contribution in [0.4, 0.5) is 8.78 Å². The fourth-order valence-corrected chi connectivity index (χ4v) is 4.46. The van der Waals surface area contributed by atoms with Gasteiger partial charge in [-0.2, -0.15) is 17.4 Å². The number of piperidine rings is 1.